The number of carbonyl (C=O) groups excluding carboxylic acids is 2. The third-order valence-corrected chi connectivity index (χ3v) is 5.50. The van der Waals surface area contributed by atoms with Crippen LogP contribution in [-0.4, -0.2) is 36.4 Å². The first-order valence-electron chi connectivity index (χ1n) is 10.6. The number of anilines is 1. The highest BCUT2D eigenvalue weighted by atomic mass is 16.5. The average molecular weight is 405 g/mol. The van der Waals surface area contributed by atoms with Crippen molar-refractivity contribution in [3.05, 3.63) is 65.4 Å². The summed E-state index contributed by atoms with van der Waals surface area (Å²) in [4.78, 5) is 30.3. The van der Waals surface area contributed by atoms with Crippen LogP contribution in [0.5, 0.6) is 5.75 Å². The van der Waals surface area contributed by atoms with E-state index in [1.807, 2.05) is 43.3 Å². The van der Waals surface area contributed by atoms with E-state index in [4.69, 9.17) is 4.74 Å². The molecule has 0 spiro atoms. The average Bonchev–Trinajstić information content (AvgIpc) is 3.34. The van der Waals surface area contributed by atoms with E-state index in [2.05, 4.69) is 18.7 Å². The maximum atomic E-state index is 13.5. The van der Waals surface area contributed by atoms with E-state index in [0.717, 1.165) is 42.8 Å². The van der Waals surface area contributed by atoms with Crippen LogP contribution in [0.2, 0.25) is 0 Å². The van der Waals surface area contributed by atoms with Gasteiger partial charge in [-0.05, 0) is 55.5 Å². The summed E-state index contributed by atoms with van der Waals surface area (Å²) in [6.07, 6.45) is 2.07. The van der Waals surface area contributed by atoms with Gasteiger partial charge in [0.1, 0.15) is 11.4 Å². The van der Waals surface area contributed by atoms with Gasteiger partial charge in [0.25, 0.3) is 11.8 Å². The van der Waals surface area contributed by atoms with E-state index < -0.39 is 0 Å². The molecule has 0 saturated carbocycles. The Bertz CT molecular complexity index is 968. The maximum absolute atomic E-state index is 13.5. The first-order chi connectivity index (χ1) is 14.5. The smallest absolute Gasteiger partial charge is 0.282 e. The third-order valence-electron chi connectivity index (χ3n) is 5.50. The summed E-state index contributed by atoms with van der Waals surface area (Å²) in [5, 5.41) is 0. The standard InChI is InChI=1S/C25H28N2O3/c1-17(2)16-30-21-12-10-20(11-13-21)27-24(28)22(19-8-6-18(3)7-9-19)23(25(27)29)26-14-4-5-15-26/h6-13,17H,4-5,14-16H2,1-3H3. The molecule has 4 rings (SSSR count). The van der Waals surface area contributed by atoms with Gasteiger partial charge in [0.15, 0.2) is 0 Å². The molecule has 0 aliphatic carbocycles. The molecule has 0 bridgehead atoms. The monoisotopic (exact) mass is 404 g/mol. The number of aryl methyl sites for hydroxylation is 1. The Kier molecular flexibility index (Phi) is 5.62. The molecule has 1 fully saturated rings. The number of carbonyl (C=O) groups is 2. The van der Waals surface area contributed by atoms with Crippen molar-refractivity contribution < 1.29 is 14.3 Å². The second-order valence-corrected chi connectivity index (χ2v) is 8.43. The van der Waals surface area contributed by atoms with Crippen LogP contribution < -0.4 is 9.64 Å². The van der Waals surface area contributed by atoms with Crippen molar-refractivity contribution in [1.82, 2.24) is 4.90 Å². The van der Waals surface area contributed by atoms with Gasteiger partial charge in [0, 0.05) is 13.1 Å². The Morgan fingerprint density at radius 1 is 0.900 bits per heavy atom. The summed E-state index contributed by atoms with van der Waals surface area (Å²) in [5.41, 5.74) is 3.51. The molecule has 5 heteroatoms. The lowest BCUT2D eigenvalue weighted by Crippen LogP contribution is -2.34. The number of hydrogen-bond acceptors (Lipinski definition) is 4. The number of imide groups is 1. The predicted molar refractivity (Wildman–Crippen MR) is 118 cm³/mol. The van der Waals surface area contributed by atoms with Gasteiger partial charge in [0.05, 0.1) is 17.9 Å². The van der Waals surface area contributed by atoms with E-state index in [1.165, 1.54) is 4.90 Å². The summed E-state index contributed by atoms with van der Waals surface area (Å²) in [6.45, 7) is 8.43. The summed E-state index contributed by atoms with van der Waals surface area (Å²) in [6, 6.07) is 15.0. The number of hydrogen-bond donors (Lipinski definition) is 0. The fraction of sp³-hybridized carbons (Fsp3) is 0.360. The summed E-state index contributed by atoms with van der Waals surface area (Å²) < 4.78 is 5.74. The van der Waals surface area contributed by atoms with Crippen LogP contribution >= 0.6 is 0 Å². The van der Waals surface area contributed by atoms with Gasteiger partial charge >= 0.3 is 0 Å². The third kappa shape index (κ3) is 3.84. The van der Waals surface area contributed by atoms with Crippen molar-refractivity contribution in [3.8, 4) is 5.75 Å². The quantitative estimate of drug-likeness (QED) is 0.669. The molecule has 0 radical (unpaired) electrons. The van der Waals surface area contributed by atoms with Crippen molar-refractivity contribution >= 4 is 23.1 Å². The Morgan fingerprint density at radius 3 is 2.13 bits per heavy atom. The molecule has 2 heterocycles. The highest BCUT2D eigenvalue weighted by Gasteiger charge is 2.42. The molecule has 5 nitrogen and oxygen atoms in total. The molecule has 2 aromatic carbocycles. The van der Waals surface area contributed by atoms with Crippen LogP contribution in [-0.2, 0) is 9.59 Å². The molecule has 2 aliphatic rings. The fourth-order valence-electron chi connectivity index (χ4n) is 3.92. The highest BCUT2D eigenvalue weighted by Crippen LogP contribution is 2.36. The Balaban J connectivity index is 1.68. The van der Waals surface area contributed by atoms with Gasteiger partial charge in [0.2, 0.25) is 0 Å². The van der Waals surface area contributed by atoms with Gasteiger partial charge in [-0.2, -0.15) is 0 Å². The second-order valence-electron chi connectivity index (χ2n) is 8.43. The van der Waals surface area contributed by atoms with Gasteiger partial charge in [-0.3, -0.25) is 9.59 Å². The molecule has 1 saturated heterocycles. The molecule has 2 aliphatic heterocycles. The second kappa shape index (κ2) is 8.34. The minimum absolute atomic E-state index is 0.242. The van der Waals surface area contributed by atoms with Crippen molar-refractivity contribution in [3.63, 3.8) is 0 Å². The molecular weight excluding hydrogens is 376 g/mol. The lowest BCUT2D eigenvalue weighted by atomic mass is 10.0. The molecule has 30 heavy (non-hydrogen) atoms. The molecule has 0 N–H and O–H groups in total. The number of ether oxygens (including phenoxy) is 1. The van der Waals surface area contributed by atoms with Crippen LogP contribution in [0.25, 0.3) is 5.57 Å². The van der Waals surface area contributed by atoms with Crippen LogP contribution in [0.4, 0.5) is 5.69 Å². The van der Waals surface area contributed by atoms with Crippen molar-refractivity contribution in [2.75, 3.05) is 24.6 Å². The normalized spacial score (nSPS) is 16.9. The number of rotatable bonds is 6. The Hall–Kier alpha value is -3.08. The summed E-state index contributed by atoms with van der Waals surface area (Å²) in [7, 11) is 0. The van der Waals surface area contributed by atoms with Crippen molar-refractivity contribution in [2.45, 2.75) is 33.6 Å². The Labute approximate surface area is 177 Å². The molecule has 0 atom stereocenters. The molecule has 156 valence electrons. The van der Waals surface area contributed by atoms with E-state index in [0.29, 0.717) is 29.5 Å². The zero-order valence-corrected chi connectivity index (χ0v) is 17.9. The topological polar surface area (TPSA) is 49.9 Å². The van der Waals surface area contributed by atoms with E-state index in [-0.39, 0.29) is 11.8 Å². The zero-order valence-electron chi connectivity index (χ0n) is 17.9. The number of amides is 2. The minimum Gasteiger partial charge on any atom is -0.493 e. The highest BCUT2D eigenvalue weighted by molar-refractivity contribution is 6.45. The van der Waals surface area contributed by atoms with Crippen LogP contribution in [0.15, 0.2) is 54.2 Å². The predicted octanol–water partition coefficient (Wildman–Crippen LogP) is 4.41. The molecular formula is C25H28N2O3. The first-order valence-corrected chi connectivity index (χ1v) is 10.6. The van der Waals surface area contributed by atoms with Gasteiger partial charge < -0.3 is 9.64 Å². The molecule has 0 aromatic heterocycles. The fourth-order valence-corrected chi connectivity index (χ4v) is 3.92. The minimum atomic E-state index is -0.262. The number of nitrogens with zero attached hydrogens (tertiary/aromatic N) is 2. The van der Waals surface area contributed by atoms with E-state index in [1.54, 1.807) is 12.1 Å². The summed E-state index contributed by atoms with van der Waals surface area (Å²) in [5.74, 6) is 0.656. The van der Waals surface area contributed by atoms with E-state index >= 15 is 0 Å². The van der Waals surface area contributed by atoms with Crippen molar-refractivity contribution in [1.29, 1.82) is 0 Å². The van der Waals surface area contributed by atoms with Crippen LogP contribution in [0.3, 0.4) is 0 Å². The van der Waals surface area contributed by atoms with Crippen molar-refractivity contribution in [2.24, 2.45) is 5.92 Å². The van der Waals surface area contributed by atoms with Crippen LogP contribution in [0.1, 0.15) is 37.8 Å². The number of benzene rings is 2. The first kappa shape index (κ1) is 20.2. The molecule has 2 amide bonds. The lowest BCUT2D eigenvalue weighted by Gasteiger charge is -2.20. The zero-order chi connectivity index (χ0) is 21.3. The van der Waals surface area contributed by atoms with E-state index in [9.17, 15) is 9.59 Å². The van der Waals surface area contributed by atoms with Crippen LogP contribution in [0, 0.1) is 12.8 Å². The maximum Gasteiger partial charge on any atom is 0.282 e. The SMILES string of the molecule is Cc1ccc(C2=C(N3CCCC3)C(=O)N(c3ccc(OCC(C)C)cc3)C2=O)cc1. The van der Waals surface area contributed by atoms with Gasteiger partial charge in [-0.1, -0.05) is 43.7 Å². The number of likely N-dealkylation sites (tertiary alicyclic amines) is 1. The lowest BCUT2D eigenvalue weighted by molar-refractivity contribution is -0.120. The largest absolute Gasteiger partial charge is 0.493 e. The molecule has 2 aromatic rings. The van der Waals surface area contributed by atoms with Gasteiger partial charge in [-0.15, -0.1) is 0 Å². The Morgan fingerprint density at radius 2 is 1.53 bits per heavy atom. The summed E-state index contributed by atoms with van der Waals surface area (Å²) >= 11 is 0. The van der Waals surface area contributed by atoms with Gasteiger partial charge in [-0.25, -0.2) is 4.90 Å². The molecule has 0 unspecified atom stereocenters.